The molecule has 1 aliphatic rings. The minimum atomic E-state index is -0.0421. The normalized spacial score (nSPS) is 16.7. The van der Waals surface area contributed by atoms with Gasteiger partial charge in [-0.25, -0.2) is 4.79 Å². The number of urea groups is 1. The molecule has 2 rings (SSSR count). The van der Waals surface area contributed by atoms with Gasteiger partial charge in [-0.2, -0.15) is 0 Å². The van der Waals surface area contributed by atoms with Crippen LogP contribution in [-0.2, 0) is 0 Å². The van der Waals surface area contributed by atoms with Crippen LogP contribution in [0.25, 0.3) is 0 Å². The second kappa shape index (κ2) is 8.00. The van der Waals surface area contributed by atoms with Gasteiger partial charge in [-0.05, 0) is 32.1 Å². The lowest BCUT2D eigenvalue weighted by Gasteiger charge is -2.32. The highest BCUT2D eigenvalue weighted by atomic mass is 16.2. The number of benzene rings is 1. The van der Waals surface area contributed by atoms with E-state index in [4.69, 9.17) is 0 Å². The van der Waals surface area contributed by atoms with E-state index in [1.165, 1.54) is 0 Å². The number of nitrogens with one attached hydrogen (secondary N) is 1. The smallest absolute Gasteiger partial charge is 0.321 e. The van der Waals surface area contributed by atoms with Crippen LogP contribution in [-0.4, -0.2) is 69.2 Å². The molecule has 1 fully saturated rings. The molecular formula is C16H26N4O. The van der Waals surface area contributed by atoms with Crippen molar-refractivity contribution in [2.75, 3.05) is 58.3 Å². The Balaban J connectivity index is 1.63. The van der Waals surface area contributed by atoms with Crippen LogP contribution in [0.15, 0.2) is 30.3 Å². The van der Waals surface area contributed by atoms with Crippen LogP contribution in [0.4, 0.5) is 10.5 Å². The molecule has 0 unspecified atom stereocenters. The number of anilines is 1. The molecule has 2 amide bonds. The Bertz CT molecular complexity index is 429. The van der Waals surface area contributed by atoms with Crippen LogP contribution in [0.5, 0.6) is 0 Å². The minimum absolute atomic E-state index is 0.0421. The molecule has 0 radical (unpaired) electrons. The Labute approximate surface area is 127 Å². The molecule has 1 N–H and O–H groups in total. The Hall–Kier alpha value is -1.59. The predicted octanol–water partition coefficient (Wildman–Crippen LogP) is 1.47. The number of amides is 2. The van der Waals surface area contributed by atoms with Crippen molar-refractivity contribution in [3.63, 3.8) is 0 Å². The van der Waals surface area contributed by atoms with Crippen molar-refractivity contribution in [1.82, 2.24) is 15.1 Å². The van der Waals surface area contributed by atoms with Crippen LogP contribution in [0.1, 0.15) is 6.42 Å². The number of para-hydroxylation sites is 1. The summed E-state index contributed by atoms with van der Waals surface area (Å²) in [5.74, 6) is 0. The fraction of sp³-hybridized carbons (Fsp3) is 0.562. The van der Waals surface area contributed by atoms with Crippen LogP contribution < -0.4 is 10.2 Å². The second-order valence-corrected chi connectivity index (χ2v) is 5.62. The number of hydrogen-bond donors (Lipinski definition) is 1. The molecular weight excluding hydrogens is 264 g/mol. The zero-order valence-electron chi connectivity index (χ0n) is 13.1. The maximum Gasteiger partial charge on any atom is 0.321 e. The van der Waals surface area contributed by atoms with Gasteiger partial charge in [0.25, 0.3) is 0 Å². The largest absolute Gasteiger partial charge is 0.338 e. The summed E-state index contributed by atoms with van der Waals surface area (Å²) in [5.41, 5.74) is 0.911. The maximum atomic E-state index is 12.0. The van der Waals surface area contributed by atoms with Gasteiger partial charge in [0.05, 0.1) is 0 Å². The minimum Gasteiger partial charge on any atom is -0.338 e. The zero-order valence-corrected chi connectivity index (χ0v) is 13.1. The third-order valence-electron chi connectivity index (χ3n) is 3.97. The van der Waals surface area contributed by atoms with E-state index < -0.39 is 0 Å². The van der Waals surface area contributed by atoms with Crippen LogP contribution in [0.3, 0.4) is 0 Å². The van der Waals surface area contributed by atoms with Crippen molar-refractivity contribution in [3.05, 3.63) is 30.3 Å². The Morgan fingerprint density at radius 3 is 2.52 bits per heavy atom. The number of carbonyl (C=O) groups excluding carboxylic acids is 1. The first-order valence-electron chi connectivity index (χ1n) is 7.64. The maximum absolute atomic E-state index is 12.0. The molecule has 116 valence electrons. The lowest BCUT2D eigenvalue weighted by molar-refractivity contribution is 0.153. The van der Waals surface area contributed by atoms with Gasteiger partial charge >= 0.3 is 6.03 Å². The Morgan fingerprint density at radius 2 is 1.86 bits per heavy atom. The molecule has 0 atom stereocenters. The van der Waals surface area contributed by atoms with Crippen LogP contribution in [0.2, 0.25) is 0 Å². The molecule has 1 saturated heterocycles. The summed E-state index contributed by atoms with van der Waals surface area (Å²) in [6.07, 6.45) is 0.998. The molecule has 21 heavy (non-hydrogen) atoms. The zero-order chi connectivity index (χ0) is 15.1. The first-order chi connectivity index (χ1) is 10.2. The van der Waals surface area contributed by atoms with Gasteiger partial charge in [0.2, 0.25) is 0 Å². The Morgan fingerprint density at radius 1 is 1.19 bits per heavy atom. The highest BCUT2D eigenvalue weighted by Gasteiger charge is 2.13. The van der Waals surface area contributed by atoms with Gasteiger partial charge in [-0.1, -0.05) is 18.2 Å². The average Bonchev–Trinajstić information content (AvgIpc) is 2.53. The molecule has 0 bridgehead atoms. The monoisotopic (exact) mass is 290 g/mol. The quantitative estimate of drug-likeness (QED) is 0.835. The number of hydrogen-bond acceptors (Lipinski definition) is 3. The fourth-order valence-electron chi connectivity index (χ4n) is 2.46. The summed E-state index contributed by atoms with van der Waals surface area (Å²) in [6, 6.07) is 9.65. The van der Waals surface area contributed by atoms with E-state index >= 15 is 0 Å². The molecule has 0 aromatic heterocycles. The molecule has 0 saturated carbocycles. The summed E-state index contributed by atoms with van der Waals surface area (Å²) in [6.45, 7) is 6.33. The van der Waals surface area contributed by atoms with E-state index in [2.05, 4.69) is 22.2 Å². The number of carbonyl (C=O) groups is 1. The summed E-state index contributed by atoms with van der Waals surface area (Å²) in [5, 5.41) is 2.98. The fourth-order valence-corrected chi connectivity index (χ4v) is 2.46. The van der Waals surface area contributed by atoms with E-state index in [9.17, 15) is 4.79 Å². The highest BCUT2D eigenvalue weighted by molar-refractivity contribution is 5.91. The second-order valence-electron chi connectivity index (χ2n) is 5.62. The van der Waals surface area contributed by atoms with Gasteiger partial charge < -0.3 is 15.1 Å². The van der Waals surface area contributed by atoms with Gasteiger partial charge in [0.15, 0.2) is 0 Å². The number of likely N-dealkylation sites (N-methyl/N-ethyl adjacent to an activating group) is 1. The van der Waals surface area contributed by atoms with Crippen LogP contribution >= 0.6 is 0 Å². The topological polar surface area (TPSA) is 38.8 Å². The third kappa shape index (κ3) is 5.02. The SMILES string of the molecule is CN1CCN(CCCNC(=O)N(C)c2ccccc2)CC1. The van der Waals surface area contributed by atoms with Crippen molar-refractivity contribution in [2.24, 2.45) is 0 Å². The van der Waals surface area contributed by atoms with E-state index in [0.717, 1.165) is 51.4 Å². The molecule has 1 heterocycles. The average molecular weight is 290 g/mol. The third-order valence-corrected chi connectivity index (χ3v) is 3.97. The van der Waals surface area contributed by atoms with Crippen LogP contribution in [0, 0.1) is 0 Å². The predicted molar refractivity (Wildman–Crippen MR) is 86.8 cm³/mol. The summed E-state index contributed by atoms with van der Waals surface area (Å²) < 4.78 is 0. The molecule has 1 aromatic rings. The summed E-state index contributed by atoms with van der Waals surface area (Å²) >= 11 is 0. The molecule has 1 aliphatic heterocycles. The standard InChI is InChI=1S/C16H26N4O/c1-18-11-13-20(14-12-18)10-6-9-17-16(21)19(2)15-7-4-3-5-8-15/h3-5,7-8H,6,9-14H2,1-2H3,(H,17,21). The van der Waals surface area contributed by atoms with E-state index in [0.29, 0.717) is 0 Å². The van der Waals surface area contributed by atoms with Gasteiger partial charge in [0.1, 0.15) is 0 Å². The van der Waals surface area contributed by atoms with Crippen molar-refractivity contribution >= 4 is 11.7 Å². The first kappa shape index (κ1) is 15.8. The van der Waals surface area contributed by atoms with E-state index in [1.54, 1.807) is 11.9 Å². The first-order valence-corrected chi connectivity index (χ1v) is 7.64. The Kier molecular flexibility index (Phi) is 6.02. The lowest BCUT2D eigenvalue weighted by Crippen LogP contribution is -2.45. The molecule has 0 spiro atoms. The van der Waals surface area contributed by atoms with Crippen molar-refractivity contribution in [1.29, 1.82) is 0 Å². The van der Waals surface area contributed by atoms with E-state index in [1.807, 2.05) is 30.3 Å². The van der Waals surface area contributed by atoms with Crippen molar-refractivity contribution in [3.8, 4) is 0 Å². The van der Waals surface area contributed by atoms with Gasteiger partial charge in [-0.15, -0.1) is 0 Å². The van der Waals surface area contributed by atoms with E-state index in [-0.39, 0.29) is 6.03 Å². The van der Waals surface area contributed by atoms with Gasteiger partial charge in [0, 0.05) is 45.5 Å². The summed E-state index contributed by atoms with van der Waals surface area (Å²) in [4.78, 5) is 18.5. The number of nitrogens with zero attached hydrogens (tertiary/aromatic N) is 3. The van der Waals surface area contributed by atoms with Crippen molar-refractivity contribution in [2.45, 2.75) is 6.42 Å². The highest BCUT2D eigenvalue weighted by Crippen LogP contribution is 2.10. The van der Waals surface area contributed by atoms with Crippen molar-refractivity contribution < 1.29 is 4.79 Å². The molecule has 5 heteroatoms. The summed E-state index contributed by atoms with van der Waals surface area (Å²) in [7, 11) is 3.96. The molecule has 1 aromatic carbocycles. The number of piperazine rings is 1. The lowest BCUT2D eigenvalue weighted by atomic mass is 10.3. The molecule has 0 aliphatic carbocycles. The number of rotatable bonds is 5. The van der Waals surface area contributed by atoms with Gasteiger partial charge in [-0.3, -0.25) is 4.90 Å². The molecule has 5 nitrogen and oxygen atoms in total.